The van der Waals surface area contributed by atoms with Crippen LogP contribution in [0.5, 0.6) is 0 Å². The fourth-order valence-electron chi connectivity index (χ4n) is 0.664. The zero-order chi connectivity index (χ0) is 11.0. The van der Waals surface area contributed by atoms with Crippen LogP contribution < -0.4 is 22.5 Å². The van der Waals surface area contributed by atoms with E-state index in [0.717, 1.165) is 5.69 Å². The highest BCUT2D eigenvalue weighted by atomic mass is 32.1. The molecular weight excluding hydrogens is 200 g/mol. The van der Waals surface area contributed by atoms with Gasteiger partial charge in [0.1, 0.15) is 0 Å². The van der Waals surface area contributed by atoms with Gasteiger partial charge >= 0.3 is 6.03 Å². The molecule has 1 aromatic carbocycles. The minimum atomic E-state index is -0.536. The second-order valence-electron chi connectivity index (χ2n) is 2.26. The number of anilines is 1. The van der Waals surface area contributed by atoms with Crippen molar-refractivity contribution in [3.8, 4) is 0 Å². The summed E-state index contributed by atoms with van der Waals surface area (Å²) in [5, 5.41) is 2.44. The van der Waals surface area contributed by atoms with Gasteiger partial charge in [-0.25, -0.2) is 4.79 Å². The van der Waals surface area contributed by atoms with Crippen LogP contribution in [0.25, 0.3) is 0 Å². The van der Waals surface area contributed by atoms with Crippen molar-refractivity contribution in [1.29, 1.82) is 0 Å². The Morgan fingerprint density at radius 1 is 1.14 bits per heavy atom. The fraction of sp³-hybridized carbons (Fsp3) is 0. The van der Waals surface area contributed by atoms with Crippen molar-refractivity contribution in [2.75, 3.05) is 5.32 Å². The van der Waals surface area contributed by atoms with Crippen LogP contribution in [0, 0.1) is 0 Å². The first-order chi connectivity index (χ1) is 6.52. The van der Waals surface area contributed by atoms with Gasteiger partial charge < -0.3 is 22.5 Å². The highest BCUT2D eigenvalue weighted by Gasteiger charge is 1.90. The van der Waals surface area contributed by atoms with Crippen molar-refractivity contribution in [3.05, 3.63) is 30.3 Å². The standard InChI is InChI=1S/C7H8N2O.CH4N2S/c8-7(10)9-6-4-2-1-3-5-6;2-1(3)4/h1-5H,(H3,8,9,10);(H4,2,3,4). The quantitative estimate of drug-likeness (QED) is 0.504. The second-order valence-corrected chi connectivity index (χ2v) is 2.73. The Morgan fingerprint density at radius 2 is 1.57 bits per heavy atom. The van der Waals surface area contributed by atoms with Crippen molar-refractivity contribution >= 4 is 29.0 Å². The molecule has 1 aromatic rings. The van der Waals surface area contributed by atoms with Crippen LogP contribution in [0.3, 0.4) is 0 Å². The van der Waals surface area contributed by atoms with Gasteiger partial charge in [-0.3, -0.25) is 0 Å². The summed E-state index contributed by atoms with van der Waals surface area (Å²) in [4.78, 5) is 10.3. The van der Waals surface area contributed by atoms with Gasteiger partial charge in [0.25, 0.3) is 0 Å². The van der Waals surface area contributed by atoms with Gasteiger partial charge in [0.2, 0.25) is 0 Å². The Labute approximate surface area is 87.3 Å². The minimum Gasteiger partial charge on any atom is -0.377 e. The van der Waals surface area contributed by atoms with E-state index in [0.29, 0.717) is 0 Å². The molecule has 0 bridgehead atoms. The molecule has 0 aliphatic carbocycles. The number of carbonyl (C=O) groups excluding carboxylic acids is 1. The molecule has 0 radical (unpaired) electrons. The van der Waals surface area contributed by atoms with E-state index < -0.39 is 6.03 Å². The van der Waals surface area contributed by atoms with Crippen molar-refractivity contribution in [3.63, 3.8) is 0 Å². The van der Waals surface area contributed by atoms with Crippen LogP contribution in [-0.4, -0.2) is 11.1 Å². The Morgan fingerprint density at radius 3 is 1.93 bits per heavy atom. The van der Waals surface area contributed by atoms with Gasteiger partial charge in [0.05, 0.1) is 0 Å². The third kappa shape index (κ3) is 8.28. The van der Waals surface area contributed by atoms with Crippen LogP contribution in [0.2, 0.25) is 0 Å². The number of thiocarbonyl (C=S) groups is 1. The van der Waals surface area contributed by atoms with E-state index in [4.69, 9.17) is 5.73 Å². The predicted octanol–water partition coefficient (Wildman–Crippen LogP) is 0.366. The van der Waals surface area contributed by atoms with Crippen molar-refractivity contribution in [2.24, 2.45) is 17.2 Å². The average Bonchev–Trinajstić information content (AvgIpc) is 2.03. The van der Waals surface area contributed by atoms with E-state index in [1.54, 1.807) is 12.1 Å². The molecule has 0 aliphatic heterocycles. The lowest BCUT2D eigenvalue weighted by molar-refractivity contribution is 0.259. The Bertz CT molecular complexity index is 297. The molecule has 7 N–H and O–H groups in total. The van der Waals surface area contributed by atoms with Gasteiger partial charge in [-0.1, -0.05) is 18.2 Å². The molecule has 0 atom stereocenters. The molecule has 2 amide bonds. The van der Waals surface area contributed by atoms with Crippen molar-refractivity contribution < 1.29 is 4.79 Å². The number of urea groups is 1. The maximum atomic E-state index is 10.3. The lowest BCUT2D eigenvalue weighted by Crippen LogP contribution is -2.18. The maximum Gasteiger partial charge on any atom is 0.316 e. The van der Waals surface area contributed by atoms with Gasteiger partial charge in [-0.05, 0) is 24.4 Å². The molecule has 0 saturated heterocycles. The van der Waals surface area contributed by atoms with Crippen molar-refractivity contribution in [1.82, 2.24) is 0 Å². The number of hydrogen-bond acceptors (Lipinski definition) is 2. The number of nitrogens with one attached hydrogen (secondary N) is 1. The van der Waals surface area contributed by atoms with Crippen molar-refractivity contribution in [2.45, 2.75) is 0 Å². The first-order valence-electron chi connectivity index (χ1n) is 3.68. The predicted molar refractivity (Wildman–Crippen MR) is 60.6 cm³/mol. The summed E-state index contributed by atoms with van der Waals surface area (Å²) in [6.45, 7) is 0. The summed E-state index contributed by atoms with van der Waals surface area (Å²) in [6.07, 6.45) is 0. The minimum absolute atomic E-state index is 0.000000000000000222. The first kappa shape index (κ1) is 12.2. The normalized spacial score (nSPS) is 8.00. The fourth-order valence-corrected chi connectivity index (χ4v) is 0.664. The lowest BCUT2D eigenvalue weighted by Gasteiger charge is -1.97. The van der Waals surface area contributed by atoms with Crippen LogP contribution in [-0.2, 0) is 0 Å². The number of primary amides is 1. The topological polar surface area (TPSA) is 107 Å². The summed E-state index contributed by atoms with van der Waals surface area (Å²) >= 11 is 4.09. The van der Waals surface area contributed by atoms with E-state index in [9.17, 15) is 4.79 Å². The number of para-hydroxylation sites is 1. The molecule has 0 spiro atoms. The molecule has 0 aromatic heterocycles. The summed E-state index contributed by atoms with van der Waals surface area (Å²) < 4.78 is 0. The van der Waals surface area contributed by atoms with Crippen LogP contribution in [0.15, 0.2) is 30.3 Å². The van der Waals surface area contributed by atoms with Crippen LogP contribution in [0.1, 0.15) is 0 Å². The highest BCUT2D eigenvalue weighted by Crippen LogP contribution is 2.03. The van der Waals surface area contributed by atoms with Gasteiger partial charge in [0.15, 0.2) is 5.11 Å². The second kappa shape index (κ2) is 6.67. The third-order valence-corrected chi connectivity index (χ3v) is 1.04. The highest BCUT2D eigenvalue weighted by molar-refractivity contribution is 7.80. The Balaban J connectivity index is 0.000000364. The number of rotatable bonds is 1. The third-order valence-electron chi connectivity index (χ3n) is 1.04. The SMILES string of the molecule is NC(=O)Nc1ccccc1.NC(N)=S. The number of carbonyl (C=O) groups is 1. The van der Waals surface area contributed by atoms with E-state index in [1.165, 1.54) is 0 Å². The zero-order valence-electron chi connectivity index (χ0n) is 7.44. The molecule has 14 heavy (non-hydrogen) atoms. The number of benzene rings is 1. The molecule has 5 nitrogen and oxygen atoms in total. The smallest absolute Gasteiger partial charge is 0.316 e. The molecular formula is C8H12N4OS. The summed E-state index contributed by atoms with van der Waals surface area (Å²) in [5.41, 5.74) is 14.8. The monoisotopic (exact) mass is 212 g/mol. The van der Waals surface area contributed by atoms with Crippen LogP contribution >= 0.6 is 12.2 Å². The zero-order valence-corrected chi connectivity index (χ0v) is 8.25. The largest absolute Gasteiger partial charge is 0.377 e. The number of amides is 2. The summed E-state index contributed by atoms with van der Waals surface area (Å²) in [5.74, 6) is 0. The van der Waals surface area contributed by atoms with E-state index in [-0.39, 0.29) is 5.11 Å². The molecule has 0 fully saturated rings. The molecule has 0 unspecified atom stereocenters. The van der Waals surface area contributed by atoms with Gasteiger partial charge in [-0.2, -0.15) is 0 Å². The van der Waals surface area contributed by atoms with E-state index >= 15 is 0 Å². The van der Waals surface area contributed by atoms with Crippen LogP contribution in [0.4, 0.5) is 10.5 Å². The molecule has 0 heterocycles. The van der Waals surface area contributed by atoms with E-state index in [2.05, 4.69) is 29.0 Å². The first-order valence-corrected chi connectivity index (χ1v) is 4.09. The Hall–Kier alpha value is -1.82. The molecule has 6 heteroatoms. The molecule has 0 aliphatic rings. The lowest BCUT2D eigenvalue weighted by atomic mass is 10.3. The molecule has 0 saturated carbocycles. The molecule has 76 valence electrons. The summed E-state index contributed by atoms with van der Waals surface area (Å²) in [6, 6.07) is 8.52. The number of nitrogens with two attached hydrogens (primary N) is 3. The Kier molecular flexibility index (Phi) is 5.80. The molecule has 1 rings (SSSR count). The number of hydrogen-bond donors (Lipinski definition) is 4. The average molecular weight is 212 g/mol. The van der Waals surface area contributed by atoms with Gasteiger partial charge in [-0.15, -0.1) is 0 Å². The van der Waals surface area contributed by atoms with E-state index in [1.807, 2.05) is 18.2 Å². The maximum absolute atomic E-state index is 10.3. The summed E-state index contributed by atoms with van der Waals surface area (Å²) in [7, 11) is 0. The van der Waals surface area contributed by atoms with Gasteiger partial charge in [0, 0.05) is 5.69 Å².